The summed E-state index contributed by atoms with van der Waals surface area (Å²) in [4.78, 5) is 12.8. The maximum atomic E-state index is 12.8. The van der Waals surface area contributed by atoms with Crippen molar-refractivity contribution in [1.82, 2.24) is 10.5 Å². The van der Waals surface area contributed by atoms with E-state index < -0.39 is 37.0 Å². The number of aliphatic hydroxyl groups excluding tert-OH is 5. The summed E-state index contributed by atoms with van der Waals surface area (Å²) < 4.78 is 26.5. The molecule has 0 saturated carbocycles. The van der Waals surface area contributed by atoms with Crippen LogP contribution in [0.15, 0.2) is 53.1 Å². The molecule has 0 radical (unpaired) electrons. The number of carbonyl (C=O) groups excluding carboxylic acids is 1. The number of aromatic nitrogens is 1. The Balaban J connectivity index is 1.27. The maximum absolute atomic E-state index is 12.8. The van der Waals surface area contributed by atoms with Crippen molar-refractivity contribution in [2.45, 2.75) is 62.7 Å². The number of hydrogen-bond acceptors (Lipinski definition) is 12. The number of nitrogens with one attached hydrogen (secondary N) is 1. The highest BCUT2D eigenvalue weighted by Crippen LogP contribution is 2.36. The van der Waals surface area contributed by atoms with Gasteiger partial charge in [-0.15, -0.1) is 0 Å². The van der Waals surface area contributed by atoms with Crippen LogP contribution >= 0.6 is 0 Å². The second kappa shape index (κ2) is 15.3. The van der Waals surface area contributed by atoms with Crippen LogP contribution in [0.4, 0.5) is 0 Å². The average molecular weight is 603 g/mol. The zero-order valence-electron chi connectivity index (χ0n) is 24.0. The summed E-state index contributed by atoms with van der Waals surface area (Å²) in [6.07, 6.45) is -7.44. The van der Waals surface area contributed by atoms with Crippen LogP contribution in [0.25, 0.3) is 22.4 Å². The van der Waals surface area contributed by atoms with Gasteiger partial charge in [0.05, 0.1) is 32.8 Å². The number of nitrogens with zero attached hydrogens (tertiary/aromatic N) is 1. The quantitative estimate of drug-likeness (QED) is 0.113. The molecule has 0 bridgehead atoms. The van der Waals surface area contributed by atoms with Crippen molar-refractivity contribution in [2.75, 3.05) is 27.4 Å². The van der Waals surface area contributed by atoms with Crippen LogP contribution in [-0.2, 0) is 20.7 Å². The number of rotatable bonds is 14. The van der Waals surface area contributed by atoms with E-state index in [1.807, 2.05) is 48.5 Å². The molecule has 43 heavy (non-hydrogen) atoms. The average Bonchev–Trinajstić information content (AvgIpc) is 3.44. The molecular formula is C30H38N2O11. The third kappa shape index (κ3) is 8.30. The zero-order valence-corrected chi connectivity index (χ0v) is 24.0. The molecule has 0 spiro atoms. The molecule has 1 fully saturated rings. The van der Waals surface area contributed by atoms with Gasteiger partial charge in [-0.3, -0.25) is 4.79 Å². The predicted molar refractivity (Wildman–Crippen MR) is 152 cm³/mol. The third-order valence-corrected chi connectivity index (χ3v) is 7.17. The lowest BCUT2D eigenvalue weighted by atomic mass is 9.98. The van der Waals surface area contributed by atoms with Crippen LogP contribution < -0.4 is 14.8 Å². The Bertz CT molecular complexity index is 1300. The first-order chi connectivity index (χ1) is 20.7. The van der Waals surface area contributed by atoms with Gasteiger partial charge in [0.25, 0.3) is 0 Å². The van der Waals surface area contributed by atoms with Crippen LogP contribution in [0, 0.1) is 0 Å². The van der Waals surface area contributed by atoms with E-state index in [4.69, 9.17) is 23.5 Å². The van der Waals surface area contributed by atoms with E-state index in [9.17, 15) is 30.3 Å². The van der Waals surface area contributed by atoms with Gasteiger partial charge in [-0.05, 0) is 61.2 Å². The van der Waals surface area contributed by atoms with E-state index in [-0.39, 0.29) is 25.4 Å². The Morgan fingerprint density at radius 2 is 1.53 bits per heavy atom. The van der Waals surface area contributed by atoms with Crippen molar-refractivity contribution < 1.29 is 53.8 Å². The second-order valence-corrected chi connectivity index (χ2v) is 10.1. The number of unbranched alkanes of at least 4 members (excludes halogenated alkanes) is 1. The number of hydrogen-bond donors (Lipinski definition) is 6. The Hall–Kier alpha value is -3.56. The van der Waals surface area contributed by atoms with Crippen LogP contribution in [0.5, 0.6) is 11.5 Å². The SMILES string of the molecule is COc1ccc(-c2noc(CC(=O)NCCCCC(O)OCC3OC(O)C(O)C(O)C3O)c2-c2ccc(OC)cc2)cc1. The van der Waals surface area contributed by atoms with Crippen molar-refractivity contribution in [2.24, 2.45) is 0 Å². The van der Waals surface area contributed by atoms with Gasteiger partial charge < -0.3 is 54.3 Å². The smallest absolute Gasteiger partial charge is 0.227 e. The van der Waals surface area contributed by atoms with E-state index in [2.05, 4.69) is 10.5 Å². The number of benzene rings is 2. The molecule has 6 N–H and O–H groups in total. The highest BCUT2D eigenvalue weighted by atomic mass is 16.7. The van der Waals surface area contributed by atoms with Crippen molar-refractivity contribution >= 4 is 5.91 Å². The number of amides is 1. The molecule has 2 aromatic carbocycles. The van der Waals surface area contributed by atoms with Gasteiger partial charge in [0.15, 0.2) is 18.3 Å². The van der Waals surface area contributed by atoms with Gasteiger partial charge in [-0.2, -0.15) is 0 Å². The highest BCUT2D eigenvalue weighted by Gasteiger charge is 2.43. The van der Waals surface area contributed by atoms with E-state index in [1.165, 1.54) is 0 Å². The minimum absolute atomic E-state index is 0.0353. The number of ether oxygens (including phenoxy) is 4. The molecule has 2 heterocycles. The van der Waals surface area contributed by atoms with Gasteiger partial charge in [0, 0.05) is 12.1 Å². The fourth-order valence-corrected chi connectivity index (χ4v) is 4.68. The Morgan fingerprint density at radius 3 is 2.16 bits per heavy atom. The summed E-state index contributed by atoms with van der Waals surface area (Å²) >= 11 is 0. The zero-order chi connectivity index (χ0) is 30.9. The maximum Gasteiger partial charge on any atom is 0.227 e. The first-order valence-electron chi connectivity index (χ1n) is 13.9. The summed E-state index contributed by atoms with van der Waals surface area (Å²) in [5, 5.41) is 56.0. The molecule has 4 rings (SSSR count). The van der Waals surface area contributed by atoms with E-state index in [0.29, 0.717) is 47.9 Å². The lowest BCUT2D eigenvalue weighted by Gasteiger charge is -2.38. The fourth-order valence-electron chi connectivity index (χ4n) is 4.68. The topological polar surface area (TPSA) is 193 Å². The molecule has 1 aromatic heterocycles. The van der Waals surface area contributed by atoms with E-state index >= 15 is 0 Å². The molecule has 1 saturated heterocycles. The van der Waals surface area contributed by atoms with Crippen molar-refractivity contribution in [3.05, 3.63) is 54.3 Å². The Labute approximate surface area is 248 Å². The van der Waals surface area contributed by atoms with Crippen molar-refractivity contribution in [3.8, 4) is 33.9 Å². The van der Waals surface area contributed by atoms with Gasteiger partial charge in [0.2, 0.25) is 5.91 Å². The standard InChI is InChI=1S/C30H38N2O11/c1-39-19-10-6-17(7-11-19)25-21(43-32-26(25)18-8-12-20(40-2)13-9-18)15-23(33)31-14-4-3-5-24(34)41-16-22-27(35)28(36)29(37)30(38)42-22/h6-13,22,24,27-30,34-38H,3-5,14-16H2,1-2H3,(H,31,33). The second-order valence-electron chi connectivity index (χ2n) is 10.1. The van der Waals surface area contributed by atoms with Gasteiger partial charge in [-0.25, -0.2) is 0 Å². The van der Waals surface area contributed by atoms with Crippen LogP contribution in [-0.4, -0.2) is 101 Å². The molecule has 6 unspecified atom stereocenters. The van der Waals surface area contributed by atoms with Crippen LogP contribution in [0.1, 0.15) is 25.0 Å². The monoisotopic (exact) mass is 602 g/mol. The molecule has 234 valence electrons. The largest absolute Gasteiger partial charge is 0.497 e. The summed E-state index contributed by atoms with van der Waals surface area (Å²) in [6.45, 7) is 0.0513. The minimum Gasteiger partial charge on any atom is -0.497 e. The van der Waals surface area contributed by atoms with Gasteiger partial charge in [-0.1, -0.05) is 17.3 Å². The lowest BCUT2D eigenvalue weighted by molar-refractivity contribution is -0.294. The van der Waals surface area contributed by atoms with Crippen LogP contribution in [0.2, 0.25) is 0 Å². The third-order valence-electron chi connectivity index (χ3n) is 7.17. The number of aliphatic hydroxyl groups is 5. The fraction of sp³-hybridized carbons (Fsp3) is 0.467. The Kier molecular flexibility index (Phi) is 11.5. The molecule has 1 aliphatic rings. The highest BCUT2D eigenvalue weighted by molar-refractivity contribution is 5.86. The first-order valence-corrected chi connectivity index (χ1v) is 13.9. The summed E-state index contributed by atoms with van der Waals surface area (Å²) in [5.74, 6) is 1.55. The van der Waals surface area contributed by atoms with Crippen LogP contribution in [0.3, 0.4) is 0 Å². The molecule has 13 nitrogen and oxygen atoms in total. The molecular weight excluding hydrogens is 564 g/mol. The van der Waals surface area contributed by atoms with Gasteiger partial charge >= 0.3 is 0 Å². The lowest BCUT2D eigenvalue weighted by Crippen LogP contribution is -2.58. The van der Waals surface area contributed by atoms with Gasteiger partial charge in [0.1, 0.15) is 41.6 Å². The first kappa shape index (κ1) is 32.4. The molecule has 0 aliphatic carbocycles. The normalized spacial score (nSPS) is 22.6. The molecule has 1 aliphatic heterocycles. The molecule has 3 aromatic rings. The predicted octanol–water partition coefficient (Wildman–Crippen LogP) is 0.990. The summed E-state index contributed by atoms with van der Waals surface area (Å²) in [6, 6.07) is 14.8. The number of methoxy groups -OCH3 is 2. The molecule has 1 amide bonds. The number of carbonyl (C=O) groups is 1. The van der Waals surface area contributed by atoms with Crippen molar-refractivity contribution in [3.63, 3.8) is 0 Å². The van der Waals surface area contributed by atoms with Crippen molar-refractivity contribution in [1.29, 1.82) is 0 Å². The summed E-state index contributed by atoms with van der Waals surface area (Å²) in [5.41, 5.74) is 2.91. The molecule has 6 atom stereocenters. The molecule has 13 heteroatoms. The van der Waals surface area contributed by atoms with E-state index in [1.54, 1.807) is 14.2 Å². The van der Waals surface area contributed by atoms with E-state index in [0.717, 1.165) is 11.1 Å². The minimum atomic E-state index is -1.67. The Morgan fingerprint density at radius 1 is 0.907 bits per heavy atom. The summed E-state index contributed by atoms with van der Waals surface area (Å²) in [7, 11) is 3.18.